The van der Waals surface area contributed by atoms with Crippen molar-refractivity contribution in [2.75, 3.05) is 0 Å². The summed E-state index contributed by atoms with van der Waals surface area (Å²) in [7, 11) is 0. The van der Waals surface area contributed by atoms with E-state index < -0.39 is 4.92 Å². The highest BCUT2D eigenvalue weighted by molar-refractivity contribution is 6.14. The largest absolute Gasteiger partial charge is 0.489 e. The first-order valence-electron chi connectivity index (χ1n) is 8.70. The van der Waals surface area contributed by atoms with Crippen LogP contribution >= 0.6 is 0 Å². The quantitative estimate of drug-likeness (QED) is 0.350. The van der Waals surface area contributed by atoms with Crippen molar-refractivity contribution in [2.45, 2.75) is 6.61 Å². The minimum atomic E-state index is -0.493. The van der Waals surface area contributed by atoms with E-state index in [1.165, 1.54) is 36.4 Å². The molecular formula is C22H14FNO5. The summed E-state index contributed by atoms with van der Waals surface area (Å²) in [6.45, 7) is 0.0465. The Morgan fingerprint density at radius 2 is 1.83 bits per heavy atom. The monoisotopic (exact) mass is 391 g/mol. The molecule has 0 radical (unpaired) electrons. The Morgan fingerprint density at radius 3 is 2.55 bits per heavy atom. The summed E-state index contributed by atoms with van der Waals surface area (Å²) in [5, 5.41) is 10.7. The molecule has 7 heteroatoms. The van der Waals surface area contributed by atoms with Crippen LogP contribution in [-0.4, -0.2) is 10.7 Å². The molecule has 1 heterocycles. The van der Waals surface area contributed by atoms with Crippen molar-refractivity contribution < 1.29 is 23.6 Å². The van der Waals surface area contributed by atoms with Gasteiger partial charge in [-0.1, -0.05) is 18.2 Å². The van der Waals surface area contributed by atoms with Crippen LogP contribution < -0.4 is 9.47 Å². The molecule has 0 saturated heterocycles. The molecular weight excluding hydrogens is 377 g/mol. The van der Waals surface area contributed by atoms with Crippen LogP contribution in [0.4, 0.5) is 10.1 Å². The molecule has 1 aliphatic rings. The maximum atomic E-state index is 13.7. The van der Waals surface area contributed by atoms with Crippen LogP contribution in [-0.2, 0) is 6.61 Å². The summed E-state index contributed by atoms with van der Waals surface area (Å²) < 4.78 is 24.9. The normalized spacial score (nSPS) is 13.8. The van der Waals surface area contributed by atoms with Crippen LogP contribution in [0.1, 0.15) is 21.5 Å². The molecule has 0 fully saturated rings. The number of allylic oxidation sites excluding steroid dienone is 1. The van der Waals surface area contributed by atoms with E-state index in [9.17, 15) is 19.3 Å². The third-order valence-electron chi connectivity index (χ3n) is 4.40. The molecule has 0 saturated carbocycles. The van der Waals surface area contributed by atoms with Gasteiger partial charge in [-0.2, -0.15) is 0 Å². The highest BCUT2D eigenvalue weighted by atomic mass is 19.1. The van der Waals surface area contributed by atoms with Crippen LogP contribution in [0.15, 0.2) is 72.5 Å². The van der Waals surface area contributed by atoms with Gasteiger partial charge >= 0.3 is 0 Å². The Kier molecular flexibility index (Phi) is 4.78. The maximum absolute atomic E-state index is 13.7. The summed E-state index contributed by atoms with van der Waals surface area (Å²) in [6.07, 6.45) is 1.52. The second-order valence-electron chi connectivity index (χ2n) is 6.33. The molecule has 1 aliphatic heterocycles. The molecule has 29 heavy (non-hydrogen) atoms. The number of nitro benzene ring substituents is 1. The minimum Gasteiger partial charge on any atom is -0.489 e. The predicted octanol–water partition coefficient (Wildman–Crippen LogP) is 4.93. The van der Waals surface area contributed by atoms with Gasteiger partial charge in [-0.25, -0.2) is 4.39 Å². The van der Waals surface area contributed by atoms with Gasteiger partial charge in [0.05, 0.1) is 10.5 Å². The first-order valence-corrected chi connectivity index (χ1v) is 8.70. The number of non-ortho nitro benzene ring substituents is 1. The number of carbonyl (C=O) groups excluding carboxylic acids is 1. The zero-order valence-corrected chi connectivity index (χ0v) is 15.0. The number of ether oxygens (including phenoxy) is 2. The van der Waals surface area contributed by atoms with Crippen molar-refractivity contribution in [1.82, 2.24) is 0 Å². The summed E-state index contributed by atoms with van der Waals surface area (Å²) in [4.78, 5) is 22.8. The molecule has 144 valence electrons. The fraction of sp³-hybridized carbons (Fsp3) is 0.0455. The number of benzene rings is 3. The molecule has 0 bridgehead atoms. The minimum absolute atomic E-state index is 0.0363. The highest BCUT2D eigenvalue weighted by Crippen LogP contribution is 2.35. The zero-order valence-electron chi connectivity index (χ0n) is 15.0. The van der Waals surface area contributed by atoms with Crippen LogP contribution in [0, 0.1) is 15.9 Å². The van der Waals surface area contributed by atoms with Gasteiger partial charge in [-0.3, -0.25) is 14.9 Å². The van der Waals surface area contributed by atoms with Crippen molar-refractivity contribution in [3.05, 3.63) is 105 Å². The molecule has 0 aromatic heterocycles. The first kappa shape index (κ1) is 18.4. The number of carbonyl (C=O) groups is 1. The number of Topliss-reactive ketones (excluding diaryl/α,β-unsaturated/α-hetero) is 1. The Hall–Kier alpha value is -4.00. The van der Waals surface area contributed by atoms with Crippen LogP contribution in [0.25, 0.3) is 6.08 Å². The van der Waals surface area contributed by atoms with Crippen molar-refractivity contribution in [3.8, 4) is 11.5 Å². The highest BCUT2D eigenvalue weighted by Gasteiger charge is 2.27. The number of halogens is 1. The Labute approximate surface area is 165 Å². The maximum Gasteiger partial charge on any atom is 0.269 e. The van der Waals surface area contributed by atoms with Crippen LogP contribution in [0.5, 0.6) is 11.5 Å². The molecule has 0 N–H and O–H groups in total. The average molecular weight is 391 g/mol. The fourth-order valence-electron chi connectivity index (χ4n) is 2.88. The predicted molar refractivity (Wildman–Crippen MR) is 103 cm³/mol. The number of hydrogen-bond donors (Lipinski definition) is 0. The van der Waals surface area contributed by atoms with Crippen molar-refractivity contribution in [3.63, 3.8) is 0 Å². The van der Waals surface area contributed by atoms with E-state index in [1.54, 1.807) is 36.4 Å². The number of fused-ring (bicyclic) bond motifs is 1. The Morgan fingerprint density at radius 1 is 1.07 bits per heavy atom. The van der Waals surface area contributed by atoms with Gasteiger partial charge in [0.25, 0.3) is 5.69 Å². The van der Waals surface area contributed by atoms with Crippen LogP contribution in [0.3, 0.4) is 0 Å². The summed E-state index contributed by atoms with van der Waals surface area (Å²) in [5.74, 6) is 0.248. The second kappa shape index (κ2) is 7.55. The molecule has 0 aliphatic carbocycles. The number of ketones is 1. The number of nitrogens with zero attached hydrogens (tertiary/aromatic N) is 1. The van der Waals surface area contributed by atoms with E-state index in [4.69, 9.17) is 9.47 Å². The molecule has 0 atom stereocenters. The standard InChI is InChI=1S/C22H14FNO5/c23-19-4-2-1-3-15(19)13-28-17-9-10-18-20(12-17)29-21(22(18)25)11-14-5-7-16(8-6-14)24(26)27/h1-12H,13H2/b21-11-. The zero-order chi connectivity index (χ0) is 20.4. The van der Waals surface area contributed by atoms with Gasteiger partial charge in [0.15, 0.2) is 5.76 Å². The van der Waals surface area contributed by atoms with E-state index >= 15 is 0 Å². The van der Waals surface area contributed by atoms with Crippen molar-refractivity contribution in [2.24, 2.45) is 0 Å². The lowest BCUT2D eigenvalue weighted by Crippen LogP contribution is -1.98. The average Bonchev–Trinajstić information content (AvgIpc) is 3.02. The topological polar surface area (TPSA) is 78.7 Å². The lowest BCUT2D eigenvalue weighted by atomic mass is 10.1. The fourth-order valence-corrected chi connectivity index (χ4v) is 2.88. The number of nitro groups is 1. The lowest BCUT2D eigenvalue weighted by molar-refractivity contribution is -0.384. The lowest BCUT2D eigenvalue weighted by Gasteiger charge is -2.08. The molecule has 0 spiro atoms. The van der Waals surface area contributed by atoms with Gasteiger partial charge in [0.1, 0.15) is 23.9 Å². The second-order valence-corrected chi connectivity index (χ2v) is 6.33. The van der Waals surface area contributed by atoms with E-state index in [2.05, 4.69) is 0 Å². The van der Waals surface area contributed by atoms with Gasteiger partial charge < -0.3 is 9.47 Å². The number of rotatable bonds is 5. The molecule has 4 rings (SSSR count). The third-order valence-corrected chi connectivity index (χ3v) is 4.40. The summed E-state index contributed by atoms with van der Waals surface area (Å²) in [5.41, 5.74) is 1.37. The Bertz CT molecular complexity index is 1140. The SMILES string of the molecule is O=C1/C(=C/c2ccc([N+](=O)[O-])cc2)Oc2cc(OCc3ccccc3F)ccc21. The van der Waals surface area contributed by atoms with Gasteiger partial charge in [0, 0.05) is 23.8 Å². The van der Waals surface area contributed by atoms with E-state index in [-0.39, 0.29) is 29.7 Å². The van der Waals surface area contributed by atoms with E-state index in [0.717, 1.165) is 0 Å². The summed E-state index contributed by atoms with van der Waals surface area (Å²) in [6, 6.07) is 16.9. The molecule has 3 aromatic carbocycles. The van der Waals surface area contributed by atoms with Gasteiger partial charge in [0.2, 0.25) is 5.78 Å². The van der Waals surface area contributed by atoms with E-state index in [1.807, 2.05) is 0 Å². The third kappa shape index (κ3) is 3.84. The van der Waals surface area contributed by atoms with Gasteiger partial charge in [-0.05, 0) is 42.0 Å². The van der Waals surface area contributed by atoms with E-state index in [0.29, 0.717) is 28.2 Å². The first-order chi connectivity index (χ1) is 14.0. The summed E-state index contributed by atoms with van der Waals surface area (Å²) >= 11 is 0. The van der Waals surface area contributed by atoms with Crippen LogP contribution in [0.2, 0.25) is 0 Å². The van der Waals surface area contributed by atoms with Crippen molar-refractivity contribution >= 4 is 17.5 Å². The Balaban J connectivity index is 1.51. The molecule has 3 aromatic rings. The van der Waals surface area contributed by atoms with Gasteiger partial charge in [-0.15, -0.1) is 0 Å². The van der Waals surface area contributed by atoms with Crippen molar-refractivity contribution in [1.29, 1.82) is 0 Å². The molecule has 0 unspecified atom stereocenters. The smallest absolute Gasteiger partial charge is 0.269 e. The molecule has 0 amide bonds. The number of hydrogen-bond acceptors (Lipinski definition) is 5. The molecule has 6 nitrogen and oxygen atoms in total.